The van der Waals surface area contributed by atoms with Gasteiger partial charge in [-0.1, -0.05) is 19.3 Å². The van der Waals surface area contributed by atoms with E-state index in [1.807, 2.05) is 13.8 Å². The van der Waals surface area contributed by atoms with Crippen LogP contribution >= 0.6 is 24.0 Å². The molecule has 0 bridgehead atoms. The second kappa shape index (κ2) is 10.5. The van der Waals surface area contributed by atoms with Gasteiger partial charge in [-0.3, -0.25) is 4.99 Å². The molecule has 6 nitrogen and oxygen atoms in total. The van der Waals surface area contributed by atoms with Gasteiger partial charge in [0.15, 0.2) is 15.8 Å². The van der Waals surface area contributed by atoms with Crippen LogP contribution < -0.4 is 5.32 Å². The van der Waals surface area contributed by atoms with Crippen LogP contribution in [-0.4, -0.2) is 80.5 Å². The van der Waals surface area contributed by atoms with Gasteiger partial charge in [0.1, 0.15) is 0 Å². The van der Waals surface area contributed by atoms with E-state index in [0.717, 1.165) is 25.6 Å². The highest BCUT2D eigenvalue weighted by molar-refractivity contribution is 14.0. The Morgan fingerprint density at radius 3 is 2.50 bits per heavy atom. The zero-order chi connectivity index (χ0) is 18.5. The first-order chi connectivity index (χ1) is 11.8. The molecule has 1 saturated heterocycles. The van der Waals surface area contributed by atoms with E-state index in [1.165, 1.54) is 32.1 Å². The Kier molecular flexibility index (Phi) is 9.63. The Morgan fingerprint density at radius 1 is 1.27 bits per heavy atom. The molecule has 0 aromatic heterocycles. The summed E-state index contributed by atoms with van der Waals surface area (Å²) in [5.41, 5.74) is 0. The minimum Gasteiger partial charge on any atom is -0.357 e. The van der Waals surface area contributed by atoms with Gasteiger partial charge >= 0.3 is 0 Å². The highest BCUT2D eigenvalue weighted by Gasteiger charge is 2.40. The van der Waals surface area contributed by atoms with Crippen molar-refractivity contribution in [2.45, 2.75) is 63.7 Å². The summed E-state index contributed by atoms with van der Waals surface area (Å²) in [6, 6.07) is 0.700. The zero-order valence-corrected chi connectivity index (χ0v) is 20.0. The van der Waals surface area contributed by atoms with Crippen LogP contribution in [0, 0.1) is 0 Å². The molecule has 154 valence electrons. The molecule has 0 unspecified atom stereocenters. The van der Waals surface area contributed by atoms with Crippen LogP contribution in [0.3, 0.4) is 0 Å². The quantitative estimate of drug-likeness (QED) is 0.357. The fraction of sp³-hybridized carbons (Fsp3) is 0.944. The highest BCUT2D eigenvalue weighted by atomic mass is 127. The summed E-state index contributed by atoms with van der Waals surface area (Å²) in [4.78, 5) is 9.32. The first kappa shape index (κ1) is 23.9. The summed E-state index contributed by atoms with van der Waals surface area (Å²) < 4.78 is 23.7. The predicted molar refractivity (Wildman–Crippen MR) is 120 cm³/mol. The van der Waals surface area contributed by atoms with Crippen molar-refractivity contribution >= 4 is 39.8 Å². The summed E-state index contributed by atoms with van der Waals surface area (Å²) in [5, 5.41) is 3.33. The van der Waals surface area contributed by atoms with E-state index >= 15 is 0 Å². The van der Waals surface area contributed by atoms with Gasteiger partial charge in [-0.15, -0.1) is 24.0 Å². The molecule has 2 aliphatic rings. The maximum absolute atomic E-state index is 12.2. The normalized spacial score (nSPS) is 23.6. The Labute approximate surface area is 177 Å². The monoisotopic (exact) mass is 500 g/mol. The van der Waals surface area contributed by atoms with Crippen LogP contribution in [0.15, 0.2) is 4.99 Å². The summed E-state index contributed by atoms with van der Waals surface area (Å²) in [5.74, 6) is 1.05. The summed E-state index contributed by atoms with van der Waals surface area (Å²) >= 11 is 0. The number of halogens is 1. The van der Waals surface area contributed by atoms with E-state index < -0.39 is 14.6 Å². The van der Waals surface area contributed by atoms with Gasteiger partial charge in [0.05, 0.1) is 17.0 Å². The van der Waals surface area contributed by atoms with E-state index in [4.69, 9.17) is 4.99 Å². The zero-order valence-electron chi connectivity index (χ0n) is 16.8. The van der Waals surface area contributed by atoms with Crippen molar-refractivity contribution in [3.05, 3.63) is 0 Å². The molecule has 26 heavy (non-hydrogen) atoms. The van der Waals surface area contributed by atoms with E-state index in [2.05, 4.69) is 29.1 Å². The van der Waals surface area contributed by atoms with Gasteiger partial charge in [0.2, 0.25) is 0 Å². The highest BCUT2D eigenvalue weighted by Crippen LogP contribution is 2.24. The molecule has 0 aromatic rings. The number of hydrogen-bond donors (Lipinski definition) is 1. The first-order valence-corrected chi connectivity index (χ1v) is 11.4. The van der Waals surface area contributed by atoms with Crippen molar-refractivity contribution in [2.24, 2.45) is 4.99 Å². The Morgan fingerprint density at radius 2 is 1.92 bits per heavy atom. The minimum atomic E-state index is -3.02. The number of rotatable bonds is 5. The molecule has 2 fully saturated rings. The van der Waals surface area contributed by atoms with Crippen LogP contribution in [0.25, 0.3) is 0 Å². The van der Waals surface area contributed by atoms with Gasteiger partial charge in [-0.2, -0.15) is 0 Å². The number of nitrogens with zero attached hydrogens (tertiary/aromatic N) is 3. The van der Waals surface area contributed by atoms with Crippen LogP contribution in [0.5, 0.6) is 0 Å². The van der Waals surface area contributed by atoms with E-state index in [0.29, 0.717) is 19.1 Å². The average Bonchev–Trinajstić information content (AvgIpc) is 2.57. The predicted octanol–water partition coefficient (Wildman–Crippen LogP) is 2.34. The van der Waals surface area contributed by atoms with Crippen molar-refractivity contribution < 1.29 is 8.42 Å². The molecule has 1 saturated carbocycles. The van der Waals surface area contributed by atoms with Crippen molar-refractivity contribution in [1.82, 2.24) is 15.1 Å². The van der Waals surface area contributed by atoms with Gasteiger partial charge in [0.25, 0.3) is 0 Å². The molecule has 1 aliphatic carbocycles. The molecular weight excluding hydrogens is 463 g/mol. The third kappa shape index (κ3) is 6.22. The number of sulfone groups is 1. The lowest BCUT2D eigenvalue weighted by atomic mass is 9.94. The molecule has 0 amide bonds. The molecule has 1 heterocycles. The third-order valence-corrected chi connectivity index (χ3v) is 8.12. The topological polar surface area (TPSA) is 65.0 Å². The molecule has 1 aliphatic heterocycles. The summed E-state index contributed by atoms with van der Waals surface area (Å²) in [6.07, 6.45) is 6.67. The van der Waals surface area contributed by atoms with Crippen molar-refractivity contribution in [3.8, 4) is 0 Å². The number of aliphatic imine (C=N–C) groups is 1. The Bertz CT molecular complexity index is 560. The fourth-order valence-electron chi connectivity index (χ4n) is 3.77. The van der Waals surface area contributed by atoms with E-state index in [9.17, 15) is 8.42 Å². The standard InChI is InChI=1S/C18H36N4O2S.HI/c1-5-19-17(22-13-14-25(23,24)18(2,3)15-22)20-11-12-21(4)16-9-7-6-8-10-16;/h16H,5-15H2,1-4H3,(H,19,20);1H. The number of guanidine groups is 1. The lowest BCUT2D eigenvalue weighted by molar-refractivity contribution is 0.196. The van der Waals surface area contributed by atoms with Gasteiger partial charge in [-0.25, -0.2) is 8.42 Å². The van der Waals surface area contributed by atoms with Gasteiger partial charge < -0.3 is 15.1 Å². The van der Waals surface area contributed by atoms with Crippen molar-refractivity contribution in [2.75, 3.05) is 45.5 Å². The second-order valence-electron chi connectivity index (χ2n) is 8.01. The number of likely N-dealkylation sites (N-methyl/N-ethyl adjacent to an activating group) is 1. The molecular formula is C18H37IN4O2S. The van der Waals surface area contributed by atoms with Crippen LogP contribution in [0.4, 0.5) is 0 Å². The maximum atomic E-state index is 12.2. The average molecular weight is 500 g/mol. The summed E-state index contributed by atoms with van der Waals surface area (Å²) in [7, 11) is -0.820. The third-order valence-electron chi connectivity index (χ3n) is 5.59. The molecule has 0 atom stereocenters. The second-order valence-corrected chi connectivity index (χ2v) is 10.8. The molecule has 2 rings (SSSR count). The van der Waals surface area contributed by atoms with Crippen LogP contribution in [-0.2, 0) is 9.84 Å². The molecule has 0 aromatic carbocycles. The van der Waals surface area contributed by atoms with Gasteiger partial charge in [-0.05, 0) is 40.7 Å². The lowest BCUT2D eigenvalue weighted by Crippen LogP contribution is -2.57. The molecule has 0 radical (unpaired) electrons. The van der Waals surface area contributed by atoms with Crippen LogP contribution in [0.1, 0.15) is 52.9 Å². The lowest BCUT2D eigenvalue weighted by Gasteiger charge is -2.39. The number of nitrogens with one attached hydrogen (secondary N) is 1. The minimum absolute atomic E-state index is 0. The van der Waals surface area contributed by atoms with Crippen molar-refractivity contribution in [1.29, 1.82) is 0 Å². The largest absolute Gasteiger partial charge is 0.357 e. The first-order valence-electron chi connectivity index (χ1n) is 9.72. The van der Waals surface area contributed by atoms with E-state index in [-0.39, 0.29) is 29.7 Å². The SMILES string of the molecule is CCNC(=NCCN(C)C1CCCCC1)N1CCS(=O)(=O)C(C)(C)C1.I. The van der Waals surface area contributed by atoms with Gasteiger partial charge in [0, 0.05) is 32.2 Å². The molecule has 1 N–H and O–H groups in total. The Balaban J connectivity index is 0.00000338. The number of hydrogen-bond acceptors (Lipinski definition) is 4. The molecule has 0 spiro atoms. The fourth-order valence-corrected chi connectivity index (χ4v) is 5.13. The molecule has 8 heteroatoms. The maximum Gasteiger partial charge on any atom is 0.194 e. The van der Waals surface area contributed by atoms with Crippen LogP contribution in [0.2, 0.25) is 0 Å². The van der Waals surface area contributed by atoms with E-state index in [1.54, 1.807) is 0 Å². The van der Waals surface area contributed by atoms with Crippen molar-refractivity contribution in [3.63, 3.8) is 0 Å². The smallest absolute Gasteiger partial charge is 0.194 e. The summed E-state index contributed by atoms with van der Waals surface area (Å²) in [6.45, 7) is 9.20. The Hall–Kier alpha value is -0.0900.